The quantitative estimate of drug-likeness (QED) is 0.222. The number of benzene rings is 4. The van der Waals surface area contributed by atoms with E-state index in [2.05, 4.69) is 86.7 Å². The van der Waals surface area contributed by atoms with E-state index in [-0.39, 0.29) is 0 Å². The molecular formula is C32H25Cl2N. The van der Waals surface area contributed by atoms with E-state index in [1.165, 1.54) is 5.56 Å². The van der Waals surface area contributed by atoms with Gasteiger partial charge >= 0.3 is 0 Å². The molecule has 0 bridgehead atoms. The van der Waals surface area contributed by atoms with Gasteiger partial charge in [-0.3, -0.25) is 4.98 Å². The van der Waals surface area contributed by atoms with Gasteiger partial charge in [-0.1, -0.05) is 85.6 Å². The van der Waals surface area contributed by atoms with Gasteiger partial charge in [-0.15, -0.1) is 0 Å². The largest absolute Gasteiger partial charge is 0.256 e. The van der Waals surface area contributed by atoms with E-state index in [1.54, 1.807) is 0 Å². The van der Waals surface area contributed by atoms with E-state index < -0.39 is 0 Å². The van der Waals surface area contributed by atoms with Crippen molar-refractivity contribution in [2.75, 3.05) is 0 Å². The van der Waals surface area contributed by atoms with Crippen LogP contribution in [0.2, 0.25) is 10.0 Å². The Bertz CT molecular complexity index is 1470. The summed E-state index contributed by atoms with van der Waals surface area (Å²) in [4.78, 5) is 4.72. The first-order valence-electron chi connectivity index (χ1n) is 11.7. The maximum Gasteiger partial charge on any atom is 0.0780 e. The highest BCUT2D eigenvalue weighted by atomic mass is 35.5. The maximum atomic E-state index is 6.17. The zero-order valence-electron chi connectivity index (χ0n) is 19.7. The molecule has 1 heterocycles. The van der Waals surface area contributed by atoms with Crippen LogP contribution in [-0.2, 0) is 0 Å². The minimum absolute atomic E-state index is 0.433. The summed E-state index contributed by atoms with van der Waals surface area (Å²) in [5, 5.41) is 2.60. The predicted octanol–water partition coefficient (Wildman–Crippen LogP) is 9.92. The van der Waals surface area contributed by atoms with Gasteiger partial charge in [-0.05, 0) is 93.9 Å². The average Bonchev–Trinajstić information content (AvgIpc) is 2.88. The van der Waals surface area contributed by atoms with Crippen molar-refractivity contribution in [1.82, 2.24) is 4.98 Å². The van der Waals surface area contributed by atoms with Crippen molar-refractivity contribution in [3.05, 3.63) is 136 Å². The third kappa shape index (κ3) is 5.17. The molecule has 0 aliphatic carbocycles. The van der Waals surface area contributed by atoms with E-state index in [4.69, 9.17) is 28.2 Å². The van der Waals surface area contributed by atoms with Crippen LogP contribution < -0.4 is 0 Å². The second kappa shape index (κ2) is 10.1. The topological polar surface area (TPSA) is 12.9 Å². The maximum absolute atomic E-state index is 6.17. The van der Waals surface area contributed by atoms with Gasteiger partial charge in [0.05, 0.1) is 5.52 Å². The SMILES string of the molecule is CC(C)c1cc(-c2cccc(C=C(c3ccc(Cl)cc3)c3ccc(Cl)cc3)c2)c2ncccc2c1. The van der Waals surface area contributed by atoms with Gasteiger partial charge in [0, 0.05) is 27.2 Å². The fourth-order valence-corrected chi connectivity index (χ4v) is 4.58. The molecule has 0 saturated carbocycles. The number of nitrogens with zero attached hydrogens (tertiary/aromatic N) is 1. The summed E-state index contributed by atoms with van der Waals surface area (Å²) in [6.07, 6.45) is 4.09. The van der Waals surface area contributed by atoms with Crippen molar-refractivity contribution in [2.24, 2.45) is 0 Å². The van der Waals surface area contributed by atoms with Gasteiger partial charge < -0.3 is 0 Å². The van der Waals surface area contributed by atoms with Crippen molar-refractivity contribution in [2.45, 2.75) is 19.8 Å². The first kappa shape index (κ1) is 23.4. The number of rotatable bonds is 5. The van der Waals surface area contributed by atoms with Gasteiger partial charge in [0.2, 0.25) is 0 Å². The lowest BCUT2D eigenvalue weighted by molar-refractivity contribution is 0.869. The molecule has 0 aliphatic rings. The zero-order valence-corrected chi connectivity index (χ0v) is 21.2. The first-order valence-corrected chi connectivity index (χ1v) is 12.5. The van der Waals surface area contributed by atoms with Crippen LogP contribution in [0.1, 0.15) is 42.0 Å². The van der Waals surface area contributed by atoms with Crippen LogP contribution >= 0.6 is 23.2 Å². The molecule has 35 heavy (non-hydrogen) atoms. The average molecular weight is 494 g/mol. The Kier molecular flexibility index (Phi) is 6.72. The second-order valence-corrected chi connectivity index (χ2v) is 9.87. The Morgan fingerprint density at radius 2 is 1.40 bits per heavy atom. The van der Waals surface area contributed by atoms with E-state index in [0.29, 0.717) is 5.92 Å². The molecule has 1 nitrogen and oxygen atoms in total. The van der Waals surface area contributed by atoms with Crippen LogP contribution in [0.15, 0.2) is 103 Å². The standard InChI is InChI=1S/C32H25Cl2N/c1-21(2)27-19-26-7-4-16-35-32(26)31(20-27)25-6-3-5-22(17-25)18-30(23-8-12-28(33)13-9-23)24-10-14-29(34)15-11-24/h3-21H,1-2H3. The molecule has 0 unspecified atom stereocenters. The lowest BCUT2D eigenvalue weighted by Crippen LogP contribution is -1.93. The van der Waals surface area contributed by atoms with Crippen LogP contribution in [0.4, 0.5) is 0 Å². The Balaban J connectivity index is 1.66. The van der Waals surface area contributed by atoms with Crippen LogP contribution in [0.5, 0.6) is 0 Å². The van der Waals surface area contributed by atoms with Gasteiger partial charge in [0.1, 0.15) is 0 Å². The van der Waals surface area contributed by atoms with Crippen molar-refractivity contribution < 1.29 is 0 Å². The number of halogens is 2. The molecule has 0 atom stereocenters. The summed E-state index contributed by atoms with van der Waals surface area (Å²) in [5.41, 5.74) is 9.04. The minimum atomic E-state index is 0.433. The highest BCUT2D eigenvalue weighted by Crippen LogP contribution is 2.33. The molecule has 0 N–H and O–H groups in total. The Morgan fingerprint density at radius 1 is 0.743 bits per heavy atom. The molecule has 172 valence electrons. The first-order chi connectivity index (χ1) is 17.0. The smallest absolute Gasteiger partial charge is 0.0780 e. The summed E-state index contributed by atoms with van der Waals surface area (Å²) in [6, 6.07) is 33.2. The van der Waals surface area contributed by atoms with Gasteiger partial charge in [-0.25, -0.2) is 0 Å². The van der Waals surface area contributed by atoms with Crippen molar-refractivity contribution in [3.8, 4) is 11.1 Å². The third-order valence-corrected chi connectivity index (χ3v) is 6.72. The van der Waals surface area contributed by atoms with Crippen LogP contribution in [0.3, 0.4) is 0 Å². The molecule has 0 fully saturated rings. The number of hydrogen-bond acceptors (Lipinski definition) is 1. The summed E-state index contributed by atoms with van der Waals surface area (Å²) in [7, 11) is 0. The molecular weight excluding hydrogens is 469 g/mol. The molecule has 5 aromatic rings. The fourth-order valence-electron chi connectivity index (χ4n) is 4.32. The van der Waals surface area contributed by atoms with E-state index in [0.717, 1.165) is 54.3 Å². The van der Waals surface area contributed by atoms with Gasteiger partial charge in [0.15, 0.2) is 0 Å². The van der Waals surface area contributed by atoms with Crippen LogP contribution in [-0.4, -0.2) is 4.98 Å². The van der Waals surface area contributed by atoms with Crippen LogP contribution in [0.25, 0.3) is 33.7 Å². The van der Waals surface area contributed by atoms with E-state index in [1.807, 2.05) is 36.5 Å². The molecule has 1 aromatic heterocycles. The Hall–Kier alpha value is -3.39. The van der Waals surface area contributed by atoms with Crippen molar-refractivity contribution in [1.29, 1.82) is 0 Å². The van der Waals surface area contributed by atoms with Crippen molar-refractivity contribution >= 4 is 45.8 Å². The highest BCUT2D eigenvalue weighted by Gasteiger charge is 2.11. The summed E-state index contributed by atoms with van der Waals surface area (Å²) < 4.78 is 0. The highest BCUT2D eigenvalue weighted by molar-refractivity contribution is 6.31. The molecule has 0 spiro atoms. The summed E-state index contributed by atoms with van der Waals surface area (Å²) in [5.74, 6) is 0.433. The minimum Gasteiger partial charge on any atom is -0.256 e. The summed E-state index contributed by atoms with van der Waals surface area (Å²) >= 11 is 12.3. The van der Waals surface area contributed by atoms with Gasteiger partial charge in [0.25, 0.3) is 0 Å². The van der Waals surface area contributed by atoms with Crippen LogP contribution in [0, 0.1) is 0 Å². The molecule has 0 aliphatic heterocycles. The summed E-state index contributed by atoms with van der Waals surface area (Å²) in [6.45, 7) is 4.45. The monoisotopic (exact) mass is 493 g/mol. The zero-order chi connectivity index (χ0) is 24.4. The fraction of sp³-hybridized carbons (Fsp3) is 0.0938. The van der Waals surface area contributed by atoms with E-state index in [9.17, 15) is 0 Å². The molecule has 4 aromatic carbocycles. The van der Waals surface area contributed by atoms with E-state index >= 15 is 0 Å². The number of aromatic nitrogens is 1. The van der Waals surface area contributed by atoms with Crippen molar-refractivity contribution in [3.63, 3.8) is 0 Å². The molecule has 0 radical (unpaired) electrons. The lowest BCUT2D eigenvalue weighted by atomic mass is 9.92. The lowest BCUT2D eigenvalue weighted by Gasteiger charge is -2.13. The third-order valence-electron chi connectivity index (χ3n) is 6.21. The molecule has 0 saturated heterocycles. The molecule has 0 amide bonds. The second-order valence-electron chi connectivity index (χ2n) is 9.00. The Morgan fingerprint density at radius 3 is 2.03 bits per heavy atom. The number of pyridine rings is 1. The number of hydrogen-bond donors (Lipinski definition) is 0. The molecule has 3 heteroatoms. The Labute approximate surface area is 216 Å². The predicted molar refractivity (Wildman–Crippen MR) is 151 cm³/mol. The normalized spacial score (nSPS) is 11.1. The van der Waals surface area contributed by atoms with Gasteiger partial charge in [-0.2, -0.15) is 0 Å². The molecule has 5 rings (SSSR count). The number of fused-ring (bicyclic) bond motifs is 1.